The predicted octanol–water partition coefficient (Wildman–Crippen LogP) is 4.34. The summed E-state index contributed by atoms with van der Waals surface area (Å²) in [5, 5.41) is 3.56. The first-order chi connectivity index (χ1) is 10.2. The van der Waals surface area contributed by atoms with Crippen molar-refractivity contribution in [1.82, 2.24) is 0 Å². The van der Waals surface area contributed by atoms with E-state index in [0.29, 0.717) is 6.04 Å². The zero-order valence-electron chi connectivity index (χ0n) is 13.1. The van der Waals surface area contributed by atoms with E-state index in [-0.39, 0.29) is 0 Å². The number of nitrogens with one attached hydrogen (secondary N) is 1. The van der Waals surface area contributed by atoms with Crippen molar-refractivity contribution in [1.29, 1.82) is 0 Å². The van der Waals surface area contributed by atoms with E-state index in [1.165, 1.54) is 40.8 Å². The number of hydrogen-bond donors (Lipinski definition) is 1. The van der Waals surface area contributed by atoms with Crippen molar-refractivity contribution in [3.8, 4) is 5.75 Å². The molecule has 0 aromatic heterocycles. The number of aryl methyl sites for hydroxylation is 2. The summed E-state index contributed by atoms with van der Waals surface area (Å²) >= 11 is 0. The Labute approximate surface area is 127 Å². The molecule has 0 radical (unpaired) electrons. The lowest BCUT2D eigenvalue weighted by Gasteiger charge is -2.24. The van der Waals surface area contributed by atoms with Gasteiger partial charge in [0.25, 0.3) is 0 Å². The van der Waals surface area contributed by atoms with Crippen molar-refractivity contribution < 1.29 is 4.74 Å². The lowest BCUT2D eigenvalue weighted by molar-refractivity contribution is 0.414. The molecule has 0 saturated heterocycles. The van der Waals surface area contributed by atoms with Crippen molar-refractivity contribution in [2.75, 3.05) is 12.4 Å². The maximum Gasteiger partial charge on any atom is 0.119 e. The molecule has 0 spiro atoms. The number of anilines is 1. The van der Waals surface area contributed by atoms with Crippen molar-refractivity contribution in [3.05, 3.63) is 58.7 Å². The largest absolute Gasteiger partial charge is 0.497 e. The van der Waals surface area contributed by atoms with Gasteiger partial charge in [0.1, 0.15) is 5.75 Å². The Morgan fingerprint density at radius 3 is 2.81 bits per heavy atom. The Balaban J connectivity index is 1.82. The summed E-state index contributed by atoms with van der Waals surface area (Å²) in [6.45, 7) is 4.40. The van der Waals surface area contributed by atoms with E-state index in [4.69, 9.17) is 4.74 Å². The van der Waals surface area contributed by atoms with E-state index in [2.05, 4.69) is 49.5 Å². The molecule has 1 unspecified atom stereocenters. The smallest absolute Gasteiger partial charge is 0.119 e. The molecule has 1 atom stereocenters. The lowest BCUT2D eigenvalue weighted by Crippen LogP contribution is -2.21. The van der Waals surface area contributed by atoms with Crippen LogP contribution in [-0.4, -0.2) is 13.2 Å². The summed E-state index contributed by atoms with van der Waals surface area (Å²) in [5.41, 5.74) is 6.81. The third-order valence-corrected chi connectivity index (χ3v) is 4.36. The van der Waals surface area contributed by atoms with Crippen LogP contribution >= 0.6 is 0 Å². The topological polar surface area (TPSA) is 21.3 Å². The Morgan fingerprint density at radius 2 is 2.05 bits per heavy atom. The highest BCUT2D eigenvalue weighted by Gasteiger charge is 2.14. The first-order valence-electron chi connectivity index (χ1n) is 7.67. The molecule has 21 heavy (non-hydrogen) atoms. The third-order valence-electron chi connectivity index (χ3n) is 4.36. The average Bonchev–Trinajstić information content (AvgIpc) is 2.49. The lowest BCUT2D eigenvalue weighted by atomic mass is 9.94. The van der Waals surface area contributed by atoms with Crippen molar-refractivity contribution in [2.45, 2.75) is 39.2 Å². The maximum absolute atomic E-state index is 5.28. The van der Waals surface area contributed by atoms with E-state index in [1.54, 1.807) is 7.11 Å². The number of hydrogen-bond acceptors (Lipinski definition) is 2. The third kappa shape index (κ3) is 3.05. The predicted molar refractivity (Wildman–Crippen MR) is 88.4 cm³/mol. The number of ether oxygens (including phenoxy) is 1. The van der Waals surface area contributed by atoms with Gasteiger partial charge >= 0.3 is 0 Å². The average molecular weight is 281 g/mol. The van der Waals surface area contributed by atoms with Gasteiger partial charge in [-0.05, 0) is 73.6 Å². The number of benzene rings is 2. The van der Waals surface area contributed by atoms with Crippen molar-refractivity contribution in [2.24, 2.45) is 0 Å². The summed E-state index contributed by atoms with van der Waals surface area (Å²) in [5.74, 6) is 0.930. The van der Waals surface area contributed by atoms with Gasteiger partial charge in [-0.3, -0.25) is 0 Å². The SMILES string of the molecule is COc1ccc(Cc2ccc3c(c2)CCC(C)N3)c(C)c1. The minimum absolute atomic E-state index is 0.590. The van der Waals surface area contributed by atoms with Gasteiger partial charge in [0.05, 0.1) is 7.11 Å². The standard InChI is InChI=1S/C19H23NO/c1-13-10-18(21-3)8-7-16(13)11-15-5-9-19-17(12-15)6-4-14(2)20-19/h5,7-10,12,14,20H,4,6,11H2,1-3H3. The molecule has 2 aromatic rings. The fraction of sp³-hybridized carbons (Fsp3) is 0.368. The monoisotopic (exact) mass is 281 g/mol. The fourth-order valence-electron chi connectivity index (χ4n) is 3.03. The quantitative estimate of drug-likeness (QED) is 0.903. The molecule has 0 saturated carbocycles. The van der Waals surface area contributed by atoms with Crippen molar-refractivity contribution >= 4 is 5.69 Å². The van der Waals surface area contributed by atoms with E-state index in [9.17, 15) is 0 Å². The molecule has 1 heterocycles. The molecule has 110 valence electrons. The van der Waals surface area contributed by atoms with Crippen LogP contribution in [0.4, 0.5) is 5.69 Å². The number of methoxy groups -OCH3 is 1. The van der Waals surface area contributed by atoms with Gasteiger partial charge in [-0.25, -0.2) is 0 Å². The Kier molecular flexibility index (Phi) is 3.87. The zero-order valence-corrected chi connectivity index (χ0v) is 13.1. The second kappa shape index (κ2) is 5.80. The Morgan fingerprint density at radius 1 is 1.19 bits per heavy atom. The second-order valence-corrected chi connectivity index (χ2v) is 6.04. The molecule has 2 aromatic carbocycles. The highest BCUT2D eigenvalue weighted by atomic mass is 16.5. The summed E-state index contributed by atoms with van der Waals surface area (Å²) in [4.78, 5) is 0. The van der Waals surface area contributed by atoms with Gasteiger partial charge in [0, 0.05) is 11.7 Å². The van der Waals surface area contributed by atoms with Crippen LogP contribution in [0.15, 0.2) is 36.4 Å². The summed E-state index contributed by atoms with van der Waals surface area (Å²) < 4.78 is 5.28. The van der Waals surface area contributed by atoms with Gasteiger partial charge < -0.3 is 10.1 Å². The van der Waals surface area contributed by atoms with E-state index in [0.717, 1.165) is 12.2 Å². The molecule has 1 aliphatic rings. The highest BCUT2D eigenvalue weighted by molar-refractivity contribution is 5.55. The van der Waals surface area contributed by atoms with Gasteiger partial charge in [0.2, 0.25) is 0 Å². The first kappa shape index (κ1) is 14.0. The first-order valence-corrected chi connectivity index (χ1v) is 7.67. The Hall–Kier alpha value is -1.96. The van der Waals surface area contributed by atoms with Gasteiger partial charge in [-0.2, -0.15) is 0 Å². The normalized spacial score (nSPS) is 17.0. The van der Waals surface area contributed by atoms with E-state index in [1.807, 2.05) is 6.07 Å². The molecule has 0 amide bonds. The van der Waals surface area contributed by atoms with Crippen LogP contribution in [0.5, 0.6) is 5.75 Å². The van der Waals surface area contributed by atoms with Crippen LogP contribution in [0.25, 0.3) is 0 Å². The molecule has 1 aliphatic heterocycles. The fourth-order valence-corrected chi connectivity index (χ4v) is 3.03. The van der Waals surface area contributed by atoms with Crippen LogP contribution in [-0.2, 0) is 12.8 Å². The number of fused-ring (bicyclic) bond motifs is 1. The molecular formula is C19H23NO. The Bertz CT molecular complexity index is 648. The second-order valence-electron chi connectivity index (χ2n) is 6.04. The maximum atomic E-state index is 5.28. The van der Waals surface area contributed by atoms with E-state index < -0.39 is 0 Å². The molecule has 1 N–H and O–H groups in total. The van der Waals surface area contributed by atoms with Crippen LogP contribution < -0.4 is 10.1 Å². The molecule has 0 fully saturated rings. The van der Waals surface area contributed by atoms with Crippen LogP contribution in [0, 0.1) is 6.92 Å². The van der Waals surface area contributed by atoms with Crippen molar-refractivity contribution in [3.63, 3.8) is 0 Å². The zero-order chi connectivity index (χ0) is 14.8. The van der Waals surface area contributed by atoms with E-state index >= 15 is 0 Å². The molecule has 2 nitrogen and oxygen atoms in total. The minimum Gasteiger partial charge on any atom is -0.497 e. The summed E-state index contributed by atoms with van der Waals surface area (Å²) in [7, 11) is 1.71. The highest BCUT2D eigenvalue weighted by Crippen LogP contribution is 2.27. The summed E-state index contributed by atoms with van der Waals surface area (Å²) in [6.07, 6.45) is 3.38. The molecular weight excluding hydrogens is 258 g/mol. The summed E-state index contributed by atoms with van der Waals surface area (Å²) in [6, 6.07) is 13.8. The molecule has 0 aliphatic carbocycles. The molecule has 3 rings (SSSR count). The number of rotatable bonds is 3. The molecule has 2 heteroatoms. The van der Waals surface area contributed by atoms with Gasteiger partial charge in [0.15, 0.2) is 0 Å². The minimum atomic E-state index is 0.590. The van der Waals surface area contributed by atoms with Crippen LogP contribution in [0.1, 0.15) is 35.6 Å². The van der Waals surface area contributed by atoms with Crippen LogP contribution in [0.2, 0.25) is 0 Å². The van der Waals surface area contributed by atoms with Gasteiger partial charge in [-0.1, -0.05) is 18.2 Å². The van der Waals surface area contributed by atoms with Crippen LogP contribution in [0.3, 0.4) is 0 Å². The van der Waals surface area contributed by atoms with Gasteiger partial charge in [-0.15, -0.1) is 0 Å². The molecule has 0 bridgehead atoms.